The van der Waals surface area contributed by atoms with Gasteiger partial charge >= 0.3 is 5.97 Å². The SMILES string of the molecule is COC(=O)c1cccc(N2CC(C(=O)Nc3ccc(Cl)cc3C)CC2=O)c1. The number of carbonyl (C=O) groups excluding carboxylic acids is 3. The van der Waals surface area contributed by atoms with E-state index in [0.29, 0.717) is 22.0 Å². The lowest BCUT2D eigenvalue weighted by Gasteiger charge is -2.17. The van der Waals surface area contributed by atoms with E-state index in [0.717, 1.165) is 5.56 Å². The number of benzene rings is 2. The van der Waals surface area contributed by atoms with Gasteiger partial charge in [0.2, 0.25) is 11.8 Å². The third-order valence-electron chi connectivity index (χ3n) is 4.52. The van der Waals surface area contributed by atoms with Crippen LogP contribution in [0, 0.1) is 12.8 Å². The number of nitrogens with one attached hydrogen (secondary N) is 1. The number of amides is 2. The Morgan fingerprint density at radius 1 is 1.22 bits per heavy atom. The fourth-order valence-electron chi connectivity index (χ4n) is 3.05. The Bertz CT molecular complexity index is 913. The van der Waals surface area contributed by atoms with Gasteiger partial charge in [-0.1, -0.05) is 17.7 Å². The van der Waals surface area contributed by atoms with Crippen LogP contribution in [0.15, 0.2) is 42.5 Å². The van der Waals surface area contributed by atoms with Crippen LogP contribution in [0.25, 0.3) is 0 Å². The molecule has 140 valence electrons. The first-order valence-electron chi connectivity index (χ1n) is 8.45. The second-order valence-corrected chi connectivity index (χ2v) is 6.83. The van der Waals surface area contributed by atoms with Crippen LogP contribution in [0.3, 0.4) is 0 Å². The Labute approximate surface area is 162 Å². The number of anilines is 2. The maximum Gasteiger partial charge on any atom is 0.337 e. The smallest absolute Gasteiger partial charge is 0.337 e. The summed E-state index contributed by atoms with van der Waals surface area (Å²) in [6, 6.07) is 11.8. The molecule has 0 radical (unpaired) electrons. The third-order valence-corrected chi connectivity index (χ3v) is 4.76. The minimum atomic E-state index is -0.477. The highest BCUT2D eigenvalue weighted by Crippen LogP contribution is 2.28. The standard InChI is InChI=1S/C20H19ClN2O4/c1-12-8-15(21)6-7-17(12)22-19(25)14-10-18(24)23(11-14)16-5-3-4-13(9-16)20(26)27-2/h3-9,14H,10-11H2,1-2H3,(H,22,25). The Hall–Kier alpha value is -2.86. The van der Waals surface area contributed by atoms with Crippen molar-refractivity contribution in [2.75, 3.05) is 23.9 Å². The second kappa shape index (κ2) is 7.80. The van der Waals surface area contributed by atoms with Gasteiger partial charge in [0.25, 0.3) is 0 Å². The molecule has 0 saturated carbocycles. The van der Waals surface area contributed by atoms with Crippen molar-refractivity contribution < 1.29 is 19.1 Å². The predicted octanol–water partition coefficient (Wildman–Crippen LogP) is 3.43. The largest absolute Gasteiger partial charge is 0.465 e. The monoisotopic (exact) mass is 386 g/mol. The molecule has 0 aliphatic carbocycles. The van der Waals surface area contributed by atoms with E-state index in [1.165, 1.54) is 12.0 Å². The topological polar surface area (TPSA) is 75.7 Å². The lowest BCUT2D eigenvalue weighted by Crippen LogP contribution is -2.28. The van der Waals surface area contributed by atoms with Crippen LogP contribution in [0.1, 0.15) is 22.3 Å². The van der Waals surface area contributed by atoms with E-state index in [9.17, 15) is 14.4 Å². The molecule has 1 saturated heterocycles. The molecule has 0 bridgehead atoms. The molecule has 1 unspecified atom stereocenters. The zero-order valence-corrected chi connectivity index (χ0v) is 15.7. The molecule has 1 aliphatic heterocycles. The van der Waals surface area contributed by atoms with Crippen molar-refractivity contribution in [3.8, 4) is 0 Å². The molecule has 1 fully saturated rings. The van der Waals surface area contributed by atoms with Gasteiger partial charge in [-0.05, 0) is 48.9 Å². The van der Waals surface area contributed by atoms with Gasteiger partial charge in [-0.25, -0.2) is 4.79 Å². The summed E-state index contributed by atoms with van der Waals surface area (Å²) in [5.41, 5.74) is 2.44. The van der Waals surface area contributed by atoms with E-state index in [2.05, 4.69) is 5.32 Å². The lowest BCUT2D eigenvalue weighted by atomic mass is 10.1. The number of aryl methyl sites for hydroxylation is 1. The highest BCUT2D eigenvalue weighted by Gasteiger charge is 2.35. The van der Waals surface area contributed by atoms with Crippen LogP contribution in [0.5, 0.6) is 0 Å². The molecule has 1 N–H and O–H groups in total. The third kappa shape index (κ3) is 4.11. The molecule has 0 aromatic heterocycles. The summed E-state index contributed by atoms with van der Waals surface area (Å²) in [5, 5.41) is 3.46. The van der Waals surface area contributed by atoms with Gasteiger partial charge in [-0.15, -0.1) is 0 Å². The summed E-state index contributed by atoms with van der Waals surface area (Å²) < 4.78 is 4.71. The van der Waals surface area contributed by atoms with Crippen molar-refractivity contribution in [1.29, 1.82) is 0 Å². The van der Waals surface area contributed by atoms with E-state index in [1.54, 1.807) is 42.5 Å². The minimum absolute atomic E-state index is 0.112. The van der Waals surface area contributed by atoms with E-state index >= 15 is 0 Å². The van der Waals surface area contributed by atoms with Gasteiger partial charge in [0.05, 0.1) is 18.6 Å². The zero-order chi connectivity index (χ0) is 19.6. The van der Waals surface area contributed by atoms with Crippen LogP contribution in [0.4, 0.5) is 11.4 Å². The fourth-order valence-corrected chi connectivity index (χ4v) is 3.28. The molecule has 6 nitrogen and oxygen atoms in total. The van der Waals surface area contributed by atoms with E-state index < -0.39 is 11.9 Å². The lowest BCUT2D eigenvalue weighted by molar-refractivity contribution is -0.122. The molecule has 0 spiro atoms. The summed E-state index contributed by atoms with van der Waals surface area (Å²) in [6.07, 6.45) is 0.112. The number of hydrogen-bond donors (Lipinski definition) is 1. The molecule has 2 aromatic carbocycles. The summed E-state index contributed by atoms with van der Waals surface area (Å²) in [7, 11) is 1.30. The number of ether oxygens (including phenoxy) is 1. The van der Waals surface area contributed by atoms with Gasteiger partial charge in [0.1, 0.15) is 0 Å². The van der Waals surface area contributed by atoms with Crippen molar-refractivity contribution in [3.05, 3.63) is 58.6 Å². The summed E-state index contributed by atoms with van der Waals surface area (Å²) in [5.74, 6) is -1.34. The molecular weight excluding hydrogens is 368 g/mol. The molecule has 1 heterocycles. The molecule has 7 heteroatoms. The highest BCUT2D eigenvalue weighted by atomic mass is 35.5. The maximum atomic E-state index is 12.6. The minimum Gasteiger partial charge on any atom is -0.465 e. The zero-order valence-electron chi connectivity index (χ0n) is 15.0. The van der Waals surface area contributed by atoms with E-state index in [1.807, 2.05) is 6.92 Å². The van der Waals surface area contributed by atoms with Crippen LogP contribution >= 0.6 is 11.6 Å². The van der Waals surface area contributed by atoms with Crippen LogP contribution in [0.2, 0.25) is 5.02 Å². The van der Waals surface area contributed by atoms with Crippen molar-refractivity contribution >= 4 is 40.8 Å². The number of esters is 1. The summed E-state index contributed by atoms with van der Waals surface area (Å²) in [6.45, 7) is 2.10. The maximum absolute atomic E-state index is 12.6. The molecule has 3 rings (SSSR count). The number of carbonyl (C=O) groups is 3. The second-order valence-electron chi connectivity index (χ2n) is 6.40. The molecule has 27 heavy (non-hydrogen) atoms. The Balaban J connectivity index is 1.73. The normalized spacial score (nSPS) is 16.3. The number of methoxy groups -OCH3 is 1. The summed E-state index contributed by atoms with van der Waals surface area (Å²) in [4.78, 5) is 38.2. The van der Waals surface area contributed by atoms with E-state index in [4.69, 9.17) is 16.3 Å². The number of nitrogens with zero attached hydrogens (tertiary/aromatic N) is 1. The Morgan fingerprint density at radius 3 is 2.70 bits per heavy atom. The van der Waals surface area contributed by atoms with Crippen LogP contribution in [-0.4, -0.2) is 31.4 Å². The quantitative estimate of drug-likeness (QED) is 0.817. The molecular formula is C20H19ClN2O4. The van der Waals surface area contributed by atoms with Crippen molar-refractivity contribution in [1.82, 2.24) is 0 Å². The molecule has 1 aliphatic rings. The van der Waals surface area contributed by atoms with Gasteiger partial charge < -0.3 is 15.0 Å². The highest BCUT2D eigenvalue weighted by molar-refractivity contribution is 6.30. The van der Waals surface area contributed by atoms with Gasteiger partial charge in [0.15, 0.2) is 0 Å². The van der Waals surface area contributed by atoms with E-state index in [-0.39, 0.29) is 24.8 Å². The fraction of sp³-hybridized carbons (Fsp3) is 0.250. The average molecular weight is 387 g/mol. The van der Waals surface area contributed by atoms with Gasteiger partial charge in [0, 0.05) is 29.4 Å². The first-order chi connectivity index (χ1) is 12.9. The molecule has 1 atom stereocenters. The van der Waals surface area contributed by atoms with Crippen molar-refractivity contribution in [2.45, 2.75) is 13.3 Å². The summed E-state index contributed by atoms with van der Waals surface area (Å²) >= 11 is 5.94. The first-order valence-corrected chi connectivity index (χ1v) is 8.82. The Kier molecular flexibility index (Phi) is 5.46. The van der Waals surface area contributed by atoms with Crippen molar-refractivity contribution in [2.24, 2.45) is 5.92 Å². The van der Waals surface area contributed by atoms with Crippen LogP contribution < -0.4 is 10.2 Å². The number of rotatable bonds is 4. The van der Waals surface area contributed by atoms with Crippen molar-refractivity contribution in [3.63, 3.8) is 0 Å². The number of hydrogen-bond acceptors (Lipinski definition) is 4. The average Bonchev–Trinajstić information content (AvgIpc) is 3.05. The first kappa shape index (κ1) is 18.9. The van der Waals surface area contributed by atoms with Crippen LogP contribution in [-0.2, 0) is 14.3 Å². The Morgan fingerprint density at radius 2 is 2.00 bits per heavy atom. The van der Waals surface area contributed by atoms with Gasteiger partial charge in [-0.2, -0.15) is 0 Å². The predicted molar refractivity (Wildman–Crippen MR) is 103 cm³/mol. The number of halogens is 1. The molecule has 2 aromatic rings. The molecule has 2 amide bonds. The van der Waals surface area contributed by atoms with Gasteiger partial charge in [-0.3, -0.25) is 9.59 Å².